The van der Waals surface area contributed by atoms with Crippen LogP contribution in [0.4, 0.5) is 13.2 Å². The van der Waals surface area contributed by atoms with Crippen LogP contribution in [0, 0.1) is 0 Å². The summed E-state index contributed by atoms with van der Waals surface area (Å²) in [5.41, 5.74) is -2.76. The molecular formula is C48H73F3O9. The minimum absolute atomic E-state index is 0.0796. The highest BCUT2D eigenvalue weighted by Gasteiger charge is 2.64. The molecule has 12 heteroatoms. The van der Waals surface area contributed by atoms with E-state index in [1.54, 1.807) is 6.07 Å². The molecule has 0 aliphatic carbocycles. The van der Waals surface area contributed by atoms with Gasteiger partial charge in [-0.25, -0.2) is 9.59 Å². The van der Waals surface area contributed by atoms with Crippen LogP contribution in [0.2, 0.25) is 0 Å². The molecule has 4 heterocycles. The smallest absolute Gasteiger partial charge is 0.432 e. The lowest BCUT2D eigenvalue weighted by atomic mass is 9.92. The van der Waals surface area contributed by atoms with Crippen molar-refractivity contribution in [2.45, 2.75) is 229 Å². The molecule has 5 rings (SSSR count). The summed E-state index contributed by atoms with van der Waals surface area (Å²) in [5, 5.41) is 0. The fraction of sp³-hybridized carbons (Fsp3) is 0.792. The molecule has 4 aliphatic heterocycles. The number of halogens is 3. The van der Waals surface area contributed by atoms with E-state index >= 15 is 0 Å². The number of benzene rings is 1. The highest BCUT2D eigenvalue weighted by Crippen LogP contribution is 2.44. The summed E-state index contributed by atoms with van der Waals surface area (Å²) >= 11 is 0. The van der Waals surface area contributed by atoms with Crippen molar-refractivity contribution in [3.8, 4) is 0 Å². The number of hydrogen-bond acceptors (Lipinski definition) is 9. The Hall–Kier alpha value is -2.51. The molecule has 9 atom stereocenters. The molecule has 3 saturated heterocycles. The van der Waals surface area contributed by atoms with Gasteiger partial charge in [-0.15, -0.1) is 0 Å². The minimum Gasteiger partial charge on any atom is -0.457 e. The molecule has 9 nitrogen and oxygen atoms in total. The Labute approximate surface area is 357 Å². The zero-order valence-corrected chi connectivity index (χ0v) is 36.6. The Kier molecular flexibility index (Phi) is 20.2. The normalized spacial score (nSPS) is 27.6. The van der Waals surface area contributed by atoms with Gasteiger partial charge in [-0.3, -0.25) is 0 Å². The third-order valence-electron chi connectivity index (χ3n) is 13.0. The zero-order valence-electron chi connectivity index (χ0n) is 36.6. The van der Waals surface area contributed by atoms with Crippen LogP contribution in [0.15, 0.2) is 42.0 Å². The van der Waals surface area contributed by atoms with Crippen LogP contribution < -0.4 is 0 Å². The van der Waals surface area contributed by atoms with E-state index in [2.05, 4.69) is 6.92 Å². The molecule has 0 bridgehead atoms. The first-order chi connectivity index (χ1) is 29.1. The summed E-state index contributed by atoms with van der Waals surface area (Å²) in [6.07, 6.45) is 18.4. The fourth-order valence-electron chi connectivity index (χ4n) is 9.53. The van der Waals surface area contributed by atoms with Crippen LogP contribution in [0.3, 0.4) is 0 Å². The second-order valence-corrected chi connectivity index (χ2v) is 17.5. The lowest BCUT2D eigenvalue weighted by molar-refractivity contribution is -0.280. The number of alkyl halides is 3. The van der Waals surface area contributed by atoms with Gasteiger partial charge in [-0.1, -0.05) is 121 Å². The van der Waals surface area contributed by atoms with Gasteiger partial charge in [0.1, 0.15) is 19.0 Å². The molecular weight excluding hydrogens is 778 g/mol. The number of hydrogen-bond donors (Lipinski definition) is 0. The summed E-state index contributed by atoms with van der Waals surface area (Å²) in [4.78, 5) is 25.6. The van der Waals surface area contributed by atoms with Crippen molar-refractivity contribution in [3.05, 3.63) is 47.5 Å². The van der Waals surface area contributed by atoms with Crippen LogP contribution in [-0.4, -0.2) is 80.8 Å². The maximum atomic E-state index is 14.8. The van der Waals surface area contributed by atoms with Crippen molar-refractivity contribution in [3.63, 3.8) is 0 Å². The van der Waals surface area contributed by atoms with Crippen LogP contribution in [-0.2, 0) is 48.3 Å². The zero-order chi connectivity index (χ0) is 42.8. The van der Waals surface area contributed by atoms with Crippen LogP contribution >= 0.6 is 0 Å². The van der Waals surface area contributed by atoms with Gasteiger partial charge in [0, 0.05) is 18.2 Å². The van der Waals surface area contributed by atoms with E-state index in [4.69, 9.17) is 33.2 Å². The van der Waals surface area contributed by atoms with E-state index in [0.29, 0.717) is 19.3 Å². The van der Waals surface area contributed by atoms with Gasteiger partial charge in [0.2, 0.25) is 0 Å². The number of carbonyl (C=O) groups is 2. The molecule has 0 saturated carbocycles. The molecule has 340 valence electrons. The Bertz CT molecular complexity index is 1440. The van der Waals surface area contributed by atoms with Crippen molar-refractivity contribution in [1.82, 2.24) is 0 Å². The lowest BCUT2D eigenvalue weighted by Gasteiger charge is -2.35. The van der Waals surface area contributed by atoms with Crippen molar-refractivity contribution in [2.24, 2.45) is 0 Å². The molecule has 0 spiro atoms. The first kappa shape index (κ1) is 48.5. The average Bonchev–Trinajstić information content (AvgIpc) is 3.95. The van der Waals surface area contributed by atoms with E-state index in [0.717, 1.165) is 109 Å². The number of methoxy groups -OCH3 is 1. The summed E-state index contributed by atoms with van der Waals surface area (Å²) in [7, 11) is 0.904. The number of ether oxygens (including phenoxy) is 7. The van der Waals surface area contributed by atoms with E-state index in [-0.39, 0.29) is 54.9 Å². The molecule has 60 heavy (non-hydrogen) atoms. The topological polar surface area (TPSA) is 98.8 Å². The Morgan fingerprint density at radius 2 is 1.35 bits per heavy atom. The van der Waals surface area contributed by atoms with Crippen molar-refractivity contribution < 1.29 is 55.9 Å². The van der Waals surface area contributed by atoms with Gasteiger partial charge < -0.3 is 33.2 Å². The highest BCUT2D eigenvalue weighted by atomic mass is 19.4. The van der Waals surface area contributed by atoms with Gasteiger partial charge >= 0.3 is 18.1 Å². The first-order valence-corrected chi connectivity index (χ1v) is 23.4. The SMILES string of the molecule is CCCCCCCCCCCC[C@@H](OC(=O)[C@@](OC)(c1ccccc1)C(F)(F)F)[C@H]1CC[C@H]([C@H]2CC[C@H]([C@H]3CC[C@@H](CCCCCCCC4=C[C@H](C)OC4=O)OCO3)O2)O1. The number of unbranched alkanes of at least 4 members (excludes halogenated alkanes) is 13. The quantitative estimate of drug-likeness (QED) is 0.0666. The van der Waals surface area contributed by atoms with Crippen LogP contribution in [0.25, 0.3) is 0 Å². The van der Waals surface area contributed by atoms with Gasteiger partial charge in [-0.05, 0) is 83.6 Å². The fourth-order valence-corrected chi connectivity index (χ4v) is 9.53. The molecule has 0 radical (unpaired) electrons. The van der Waals surface area contributed by atoms with Crippen molar-refractivity contribution in [1.29, 1.82) is 0 Å². The minimum atomic E-state index is -5.05. The van der Waals surface area contributed by atoms with Gasteiger partial charge in [0.25, 0.3) is 5.60 Å². The number of carbonyl (C=O) groups excluding carboxylic acids is 2. The second-order valence-electron chi connectivity index (χ2n) is 17.5. The van der Waals surface area contributed by atoms with E-state index in [9.17, 15) is 22.8 Å². The third kappa shape index (κ3) is 14.0. The molecule has 1 aromatic carbocycles. The lowest BCUT2D eigenvalue weighted by Crippen LogP contribution is -2.53. The number of rotatable bonds is 26. The number of esters is 2. The first-order valence-electron chi connectivity index (χ1n) is 23.4. The van der Waals surface area contributed by atoms with E-state index < -0.39 is 30.0 Å². The molecule has 3 fully saturated rings. The van der Waals surface area contributed by atoms with Crippen molar-refractivity contribution >= 4 is 11.9 Å². The molecule has 1 aromatic rings. The van der Waals surface area contributed by atoms with Gasteiger partial charge in [0.05, 0.1) is 36.6 Å². The molecule has 0 N–H and O–H groups in total. The van der Waals surface area contributed by atoms with E-state index in [1.807, 2.05) is 13.0 Å². The van der Waals surface area contributed by atoms with Gasteiger partial charge in [-0.2, -0.15) is 13.2 Å². The standard InChI is InChI=1S/C48H73F3O9/c1-4-5-6-7-8-9-10-11-15-21-26-40(60-46(53)47(54-3,48(49,50)51)37-23-18-16-19-24-37)42-31-32-44(59-42)43-30-29-41(58-43)39-28-27-38(55-34-56-39)25-20-14-12-13-17-22-36-33-35(2)57-45(36)52/h16,18-19,23-24,33,35,38-44H,4-15,17,20-22,25-32,34H2,1-3H3/t35-,38+,39+,40+,41+,42+,43+,44+,47-/m0/s1. The summed E-state index contributed by atoms with van der Waals surface area (Å²) in [5.74, 6) is -1.63. The number of cyclic esters (lactones) is 1. The Balaban J connectivity index is 1.08. The largest absolute Gasteiger partial charge is 0.457 e. The molecule has 0 amide bonds. The third-order valence-corrected chi connectivity index (χ3v) is 13.0. The van der Waals surface area contributed by atoms with Crippen LogP contribution in [0.1, 0.15) is 174 Å². The molecule has 0 aromatic heterocycles. The Morgan fingerprint density at radius 1 is 0.750 bits per heavy atom. The summed E-state index contributed by atoms with van der Waals surface area (Å²) in [6, 6.07) is 7.00. The molecule has 4 aliphatic rings. The second kappa shape index (κ2) is 25.0. The monoisotopic (exact) mass is 851 g/mol. The van der Waals surface area contributed by atoms with Crippen LogP contribution in [0.5, 0.6) is 0 Å². The molecule has 0 unspecified atom stereocenters. The highest BCUT2D eigenvalue weighted by molar-refractivity contribution is 5.90. The summed E-state index contributed by atoms with van der Waals surface area (Å²) < 4.78 is 86.0. The maximum Gasteiger partial charge on any atom is 0.432 e. The predicted octanol–water partition coefficient (Wildman–Crippen LogP) is 11.5. The summed E-state index contributed by atoms with van der Waals surface area (Å²) in [6.45, 7) is 4.34. The maximum absolute atomic E-state index is 14.8. The van der Waals surface area contributed by atoms with Gasteiger partial charge in [0.15, 0.2) is 0 Å². The predicted molar refractivity (Wildman–Crippen MR) is 223 cm³/mol. The van der Waals surface area contributed by atoms with Crippen molar-refractivity contribution in [2.75, 3.05) is 13.9 Å². The average molecular weight is 851 g/mol. The Morgan fingerprint density at radius 3 is 2.00 bits per heavy atom. The van der Waals surface area contributed by atoms with E-state index in [1.165, 1.54) is 62.8 Å².